The zero-order chi connectivity index (χ0) is 17.0. The normalized spacial score (nSPS) is 15.6. The van der Waals surface area contributed by atoms with Gasteiger partial charge in [0.2, 0.25) is 0 Å². The number of esters is 1. The summed E-state index contributed by atoms with van der Waals surface area (Å²) in [7, 11) is 0. The molecule has 1 aromatic carbocycles. The first kappa shape index (κ1) is 18.6. The van der Waals surface area contributed by atoms with E-state index in [1.165, 1.54) is 12.8 Å². The van der Waals surface area contributed by atoms with Crippen molar-refractivity contribution in [2.45, 2.75) is 46.0 Å². The van der Waals surface area contributed by atoms with Crippen LogP contribution in [0.3, 0.4) is 0 Å². The van der Waals surface area contributed by atoms with Crippen molar-refractivity contribution in [2.24, 2.45) is 11.8 Å². The molecule has 0 aromatic heterocycles. The molecule has 1 aliphatic carbocycles. The van der Waals surface area contributed by atoms with Gasteiger partial charge in [-0.1, -0.05) is 25.4 Å². The summed E-state index contributed by atoms with van der Waals surface area (Å²) in [5, 5.41) is 0.535. The van der Waals surface area contributed by atoms with Crippen LogP contribution in [-0.2, 0) is 9.53 Å². The van der Waals surface area contributed by atoms with Crippen LogP contribution in [0.25, 0.3) is 0 Å². The summed E-state index contributed by atoms with van der Waals surface area (Å²) < 4.78 is 11.8. The van der Waals surface area contributed by atoms with Gasteiger partial charge in [-0.2, -0.15) is 0 Å². The Balaban J connectivity index is 2.22. The lowest BCUT2D eigenvalue weighted by Gasteiger charge is -2.20. The van der Waals surface area contributed by atoms with Crippen LogP contribution in [0.1, 0.15) is 51.5 Å². The summed E-state index contributed by atoms with van der Waals surface area (Å²) >= 11 is 9.92. The van der Waals surface area contributed by atoms with Crippen molar-refractivity contribution in [3.63, 3.8) is 0 Å². The number of ether oxygens (including phenoxy) is 2. The first-order valence-corrected chi connectivity index (χ1v) is 9.37. The van der Waals surface area contributed by atoms with E-state index in [1.54, 1.807) is 0 Å². The van der Waals surface area contributed by atoms with E-state index in [0.29, 0.717) is 35.8 Å². The second-order valence-electron chi connectivity index (χ2n) is 6.50. The second kappa shape index (κ2) is 8.39. The molecular weight excluding hydrogens is 380 g/mol. The molecule has 1 atom stereocenters. The number of rotatable bonds is 8. The Kier molecular flexibility index (Phi) is 6.78. The Morgan fingerprint density at radius 1 is 1.39 bits per heavy atom. The van der Waals surface area contributed by atoms with Gasteiger partial charge in [0.1, 0.15) is 0 Å². The third-order valence-corrected chi connectivity index (χ3v) is 4.73. The fourth-order valence-electron chi connectivity index (χ4n) is 2.49. The van der Waals surface area contributed by atoms with Gasteiger partial charge in [0.05, 0.1) is 28.6 Å². The third kappa shape index (κ3) is 5.39. The Morgan fingerprint density at radius 2 is 2.09 bits per heavy atom. The summed E-state index contributed by atoms with van der Waals surface area (Å²) in [5.74, 6) is 1.20. The zero-order valence-corrected chi connectivity index (χ0v) is 16.2. The largest absolute Gasteiger partial charge is 0.491 e. The predicted molar refractivity (Wildman–Crippen MR) is 96.2 cm³/mol. The summed E-state index contributed by atoms with van der Waals surface area (Å²) in [6.07, 6.45) is 3.18. The highest BCUT2D eigenvalue weighted by Crippen LogP contribution is 2.39. The van der Waals surface area contributed by atoms with Crippen LogP contribution in [0, 0.1) is 11.8 Å². The third-order valence-electron chi connectivity index (χ3n) is 3.86. The van der Waals surface area contributed by atoms with Crippen molar-refractivity contribution >= 4 is 33.5 Å². The minimum Gasteiger partial charge on any atom is -0.491 e. The maximum Gasteiger partial charge on any atom is 0.313 e. The topological polar surface area (TPSA) is 35.5 Å². The maximum atomic E-state index is 12.3. The number of benzene rings is 1. The molecule has 1 aliphatic rings. The molecule has 0 spiro atoms. The van der Waals surface area contributed by atoms with Gasteiger partial charge in [-0.15, -0.1) is 0 Å². The highest BCUT2D eigenvalue weighted by atomic mass is 79.9. The van der Waals surface area contributed by atoms with Crippen LogP contribution < -0.4 is 4.74 Å². The molecule has 1 fully saturated rings. The van der Waals surface area contributed by atoms with E-state index in [0.717, 1.165) is 16.5 Å². The predicted octanol–water partition coefficient (Wildman–Crippen LogP) is 5.58. The maximum absolute atomic E-state index is 12.3. The molecule has 128 valence electrons. The molecule has 1 saturated carbocycles. The number of carbonyl (C=O) groups is 1. The summed E-state index contributed by atoms with van der Waals surface area (Å²) in [6.45, 7) is 7.09. The van der Waals surface area contributed by atoms with Gasteiger partial charge in [0.25, 0.3) is 0 Å². The molecule has 0 N–H and O–H groups in total. The van der Waals surface area contributed by atoms with Gasteiger partial charge in [0, 0.05) is 0 Å². The monoisotopic (exact) mass is 402 g/mol. The van der Waals surface area contributed by atoms with Crippen LogP contribution in [-0.4, -0.2) is 19.2 Å². The molecule has 0 heterocycles. The van der Waals surface area contributed by atoms with Gasteiger partial charge in [-0.3, -0.25) is 4.79 Å². The average molecular weight is 404 g/mol. The van der Waals surface area contributed by atoms with Gasteiger partial charge < -0.3 is 9.47 Å². The van der Waals surface area contributed by atoms with Gasteiger partial charge in [-0.25, -0.2) is 0 Å². The van der Waals surface area contributed by atoms with Crippen LogP contribution in [0.15, 0.2) is 16.6 Å². The standard InChI is InChI=1S/C18H24BrClO3/c1-4-22-18(21)14(7-11(2)3)13-8-15(19)17(16(20)9-13)23-10-12-5-6-12/h8-9,11-12,14H,4-7,10H2,1-3H3. The van der Waals surface area contributed by atoms with E-state index in [-0.39, 0.29) is 11.9 Å². The molecular formula is C18H24BrClO3. The van der Waals surface area contributed by atoms with Crippen molar-refractivity contribution in [1.82, 2.24) is 0 Å². The molecule has 3 nitrogen and oxygen atoms in total. The van der Waals surface area contributed by atoms with Gasteiger partial charge in [-0.05, 0) is 71.6 Å². The molecule has 0 bridgehead atoms. The SMILES string of the molecule is CCOC(=O)C(CC(C)C)c1cc(Cl)c(OCC2CC2)c(Br)c1. The second-order valence-corrected chi connectivity index (χ2v) is 7.76. The Morgan fingerprint density at radius 3 is 2.61 bits per heavy atom. The molecule has 23 heavy (non-hydrogen) atoms. The zero-order valence-electron chi connectivity index (χ0n) is 13.9. The molecule has 0 saturated heterocycles. The minimum absolute atomic E-state index is 0.198. The van der Waals surface area contributed by atoms with Crippen molar-refractivity contribution in [2.75, 3.05) is 13.2 Å². The summed E-state index contributed by atoms with van der Waals surface area (Å²) in [5.41, 5.74) is 0.868. The molecule has 5 heteroatoms. The summed E-state index contributed by atoms with van der Waals surface area (Å²) in [6, 6.07) is 3.76. The van der Waals surface area contributed by atoms with E-state index < -0.39 is 0 Å². The number of hydrogen-bond acceptors (Lipinski definition) is 3. The molecule has 0 amide bonds. The minimum atomic E-state index is -0.304. The Hall–Kier alpha value is -0.740. The van der Waals surface area contributed by atoms with Crippen molar-refractivity contribution in [3.05, 3.63) is 27.2 Å². The average Bonchev–Trinajstić information content (AvgIpc) is 3.28. The van der Waals surface area contributed by atoms with Crippen molar-refractivity contribution < 1.29 is 14.3 Å². The fourth-order valence-corrected chi connectivity index (χ4v) is 3.48. The lowest BCUT2D eigenvalue weighted by atomic mass is 9.90. The first-order chi connectivity index (χ1) is 10.9. The molecule has 1 unspecified atom stereocenters. The van der Waals surface area contributed by atoms with E-state index >= 15 is 0 Å². The highest BCUT2D eigenvalue weighted by molar-refractivity contribution is 9.10. The van der Waals surface area contributed by atoms with E-state index in [2.05, 4.69) is 29.8 Å². The van der Waals surface area contributed by atoms with E-state index in [4.69, 9.17) is 21.1 Å². The van der Waals surface area contributed by atoms with Crippen molar-refractivity contribution in [1.29, 1.82) is 0 Å². The summed E-state index contributed by atoms with van der Waals surface area (Å²) in [4.78, 5) is 12.3. The Bertz CT molecular complexity index is 532. The smallest absolute Gasteiger partial charge is 0.313 e. The molecule has 0 radical (unpaired) electrons. The molecule has 1 aromatic rings. The molecule has 0 aliphatic heterocycles. The van der Waals surface area contributed by atoms with Crippen LogP contribution in [0.5, 0.6) is 5.75 Å². The van der Waals surface area contributed by atoms with Crippen LogP contribution in [0.4, 0.5) is 0 Å². The lowest BCUT2D eigenvalue weighted by Crippen LogP contribution is -2.18. The van der Waals surface area contributed by atoms with Crippen molar-refractivity contribution in [3.8, 4) is 5.75 Å². The van der Waals surface area contributed by atoms with Gasteiger partial charge in [0.15, 0.2) is 5.75 Å². The van der Waals surface area contributed by atoms with E-state index in [1.807, 2.05) is 19.1 Å². The molecule has 2 rings (SSSR count). The van der Waals surface area contributed by atoms with Crippen LogP contribution >= 0.6 is 27.5 Å². The Labute approximate surface area is 151 Å². The first-order valence-electron chi connectivity index (χ1n) is 8.20. The van der Waals surface area contributed by atoms with Crippen LogP contribution in [0.2, 0.25) is 5.02 Å². The lowest BCUT2D eigenvalue weighted by molar-refractivity contribution is -0.145. The number of halogens is 2. The fraction of sp³-hybridized carbons (Fsp3) is 0.611. The van der Waals surface area contributed by atoms with Gasteiger partial charge >= 0.3 is 5.97 Å². The highest BCUT2D eigenvalue weighted by Gasteiger charge is 2.26. The quantitative estimate of drug-likeness (QED) is 0.531. The number of carbonyl (C=O) groups excluding carboxylic acids is 1. The number of hydrogen-bond donors (Lipinski definition) is 0. The van der Waals surface area contributed by atoms with E-state index in [9.17, 15) is 4.79 Å².